The lowest BCUT2D eigenvalue weighted by Crippen LogP contribution is -2.33. The molecule has 1 heterocycles. The van der Waals surface area contributed by atoms with E-state index in [4.69, 9.17) is 23.2 Å². The zero-order valence-corrected chi connectivity index (χ0v) is 23.1. The van der Waals surface area contributed by atoms with E-state index in [0.29, 0.717) is 40.6 Å². The third-order valence-electron chi connectivity index (χ3n) is 6.54. The monoisotopic (exact) mass is 569 g/mol. The Bertz CT molecular complexity index is 1580. The number of carbonyl (C=O) groups excluding carboxylic acids is 3. The molecule has 0 saturated heterocycles. The van der Waals surface area contributed by atoms with E-state index >= 15 is 0 Å². The van der Waals surface area contributed by atoms with E-state index in [-0.39, 0.29) is 16.6 Å². The fourth-order valence-corrected chi connectivity index (χ4v) is 4.90. The normalized spacial score (nSPS) is 13.1. The maximum Gasteiger partial charge on any atom is 0.283 e. The predicted molar refractivity (Wildman–Crippen MR) is 158 cm³/mol. The van der Waals surface area contributed by atoms with E-state index in [1.807, 2.05) is 60.7 Å². The molecular weight excluding hydrogens is 545 g/mol. The standard InChI is InChI=1S/C32H25Cl2N3O3/c1-21-15-16-25(33)18-27(21)37-31(39)28(34)29(32(37)40)35-26-14-8-13-24(17-26)30(38)36(19-22-9-4-2-5-10-22)20-23-11-6-3-7-12-23/h2-18,35H,19-20H2,1H3. The van der Waals surface area contributed by atoms with Gasteiger partial charge < -0.3 is 10.2 Å². The van der Waals surface area contributed by atoms with E-state index < -0.39 is 11.8 Å². The molecule has 200 valence electrons. The van der Waals surface area contributed by atoms with E-state index in [0.717, 1.165) is 16.0 Å². The summed E-state index contributed by atoms with van der Waals surface area (Å²) in [5.74, 6) is -1.43. The molecule has 0 unspecified atom stereocenters. The number of carbonyl (C=O) groups is 3. The van der Waals surface area contributed by atoms with Crippen LogP contribution in [0.3, 0.4) is 0 Å². The van der Waals surface area contributed by atoms with E-state index in [9.17, 15) is 14.4 Å². The Morgan fingerprint density at radius 1 is 0.775 bits per heavy atom. The number of rotatable bonds is 8. The van der Waals surface area contributed by atoms with Crippen LogP contribution in [-0.4, -0.2) is 22.6 Å². The summed E-state index contributed by atoms with van der Waals surface area (Å²) in [4.78, 5) is 42.8. The van der Waals surface area contributed by atoms with Crippen LogP contribution in [0.2, 0.25) is 5.02 Å². The lowest BCUT2D eigenvalue weighted by atomic mass is 10.1. The van der Waals surface area contributed by atoms with Gasteiger partial charge in [0.05, 0.1) is 5.69 Å². The van der Waals surface area contributed by atoms with Gasteiger partial charge in [0.15, 0.2) is 0 Å². The van der Waals surface area contributed by atoms with Crippen molar-refractivity contribution in [2.45, 2.75) is 20.0 Å². The minimum absolute atomic E-state index is 0.0685. The molecule has 0 atom stereocenters. The van der Waals surface area contributed by atoms with Crippen molar-refractivity contribution in [3.8, 4) is 0 Å². The SMILES string of the molecule is Cc1ccc(Cl)cc1N1C(=O)C(Cl)=C(Nc2cccc(C(=O)N(Cc3ccccc3)Cc3ccccc3)c2)C1=O. The molecule has 0 aromatic heterocycles. The highest BCUT2D eigenvalue weighted by atomic mass is 35.5. The third kappa shape index (κ3) is 5.78. The molecule has 0 radical (unpaired) electrons. The van der Waals surface area contributed by atoms with Gasteiger partial charge >= 0.3 is 0 Å². The number of nitrogens with zero attached hydrogens (tertiary/aromatic N) is 2. The Morgan fingerprint density at radius 2 is 1.40 bits per heavy atom. The fraction of sp³-hybridized carbons (Fsp3) is 0.0938. The summed E-state index contributed by atoms with van der Waals surface area (Å²) in [6, 6.07) is 31.3. The molecule has 6 nitrogen and oxygen atoms in total. The summed E-state index contributed by atoms with van der Waals surface area (Å²) >= 11 is 12.5. The summed E-state index contributed by atoms with van der Waals surface area (Å²) in [6.45, 7) is 2.62. The number of anilines is 2. The van der Waals surface area contributed by atoms with Crippen molar-refractivity contribution in [2.75, 3.05) is 10.2 Å². The quantitative estimate of drug-likeness (QED) is 0.234. The highest BCUT2D eigenvalue weighted by molar-refractivity contribution is 6.53. The summed E-state index contributed by atoms with van der Waals surface area (Å²) in [6.07, 6.45) is 0. The van der Waals surface area contributed by atoms with Gasteiger partial charge in [0.2, 0.25) is 0 Å². The summed E-state index contributed by atoms with van der Waals surface area (Å²) in [5, 5.41) is 3.12. The lowest BCUT2D eigenvalue weighted by Gasteiger charge is -2.23. The molecule has 40 heavy (non-hydrogen) atoms. The Labute approximate surface area is 242 Å². The lowest BCUT2D eigenvalue weighted by molar-refractivity contribution is -0.120. The molecule has 1 aliphatic rings. The van der Waals surface area contributed by atoms with Gasteiger partial charge in [0, 0.05) is 29.4 Å². The fourth-order valence-electron chi connectivity index (χ4n) is 4.52. The van der Waals surface area contributed by atoms with Gasteiger partial charge in [-0.05, 0) is 53.9 Å². The van der Waals surface area contributed by atoms with Gasteiger partial charge in [-0.2, -0.15) is 0 Å². The average molecular weight is 570 g/mol. The van der Waals surface area contributed by atoms with Gasteiger partial charge in [-0.15, -0.1) is 0 Å². The first-order chi connectivity index (χ1) is 19.3. The minimum Gasteiger partial charge on any atom is -0.350 e. The Kier molecular flexibility index (Phi) is 8.01. The van der Waals surface area contributed by atoms with Gasteiger partial charge in [-0.25, -0.2) is 4.90 Å². The Hall–Kier alpha value is -4.39. The average Bonchev–Trinajstić information content (AvgIpc) is 3.17. The van der Waals surface area contributed by atoms with Crippen LogP contribution in [0.5, 0.6) is 0 Å². The van der Waals surface area contributed by atoms with Gasteiger partial charge in [-0.1, -0.05) is 96.0 Å². The molecule has 0 saturated carbocycles. The molecule has 1 aliphatic heterocycles. The molecule has 1 N–H and O–H groups in total. The molecular formula is C32H25Cl2N3O3. The van der Waals surface area contributed by atoms with Crippen molar-refractivity contribution in [3.05, 3.63) is 141 Å². The molecule has 3 amide bonds. The maximum absolute atomic E-state index is 13.7. The van der Waals surface area contributed by atoms with Crippen LogP contribution >= 0.6 is 23.2 Å². The van der Waals surface area contributed by atoms with Crippen molar-refractivity contribution >= 4 is 52.3 Å². The molecule has 4 aromatic rings. The number of hydrogen-bond donors (Lipinski definition) is 1. The maximum atomic E-state index is 13.7. The Balaban J connectivity index is 1.40. The second-order valence-corrected chi connectivity index (χ2v) is 10.2. The zero-order chi connectivity index (χ0) is 28.2. The van der Waals surface area contributed by atoms with Crippen molar-refractivity contribution in [2.24, 2.45) is 0 Å². The molecule has 8 heteroatoms. The van der Waals surface area contributed by atoms with Crippen LogP contribution in [0.25, 0.3) is 0 Å². The first-order valence-electron chi connectivity index (χ1n) is 12.6. The zero-order valence-electron chi connectivity index (χ0n) is 21.6. The van der Waals surface area contributed by atoms with E-state index in [1.165, 1.54) is 0 Å². The summed E-state index contributed by atoms with van der Waals surface area (Å²) in [5.41, 5.74) is 3.87. The first kappa shape index (κ1) is 27.2. The summed E-state index contributed by atoms with van der Waals surface area (Å²) < 4.78 is 0. The highest BCUT2D eigenvalue weighted by Crippen LogP contribution is 2.33. The smallest absolute Gasteiger partial charge is 0.283 e. The molecule has 0 fully saturated rings. The van der Waals surface area contributed by atoms with Crippen LogP contribution < -0.4 is 10.2 Å². The first-order valence-corrected chi connectivity index (χ1v) is 13.4. The Morgan fingerprint density at radius 3 is 2.02 bits per heavy atom. The highest BCUT2D eigenvalue weighted by Gasteiger charge is 2.39. The van der Waals surface area contributed by atoms with E-state index in [2.05, 4.69) is 5.32 Å². The molecule has 0 bridgehead atoms. The molecule has 5 rings (SSSR count). The number of imide groups is 1. The van der Waals surface area contributed by atoms with Crippen molar-refractivity contribution in [3.63, 3.8) is 0 Å². The van der Waals surface area contributed by atoms with Crippen molar-refractivity contribution in [1.29, 1.82) is 0 Å². The van der Waals surface area contributed by atoms with Crippen molar-refractivity contribution in [1.82, 2.24) is 4.90 Å². The van der Waals surface area contributed by atoms with Crippen LogP contribution in [0.4, 0.5) is 11.4 Å². The third-order valence-corrected chi connectivity index (χ3v) is 7.12. The minimum atomic E-state index is -0.649. The topological polar surface area (TPSA) is 69.7 Å². The molecule has 0 spiro atoms. The second-order valence-electron chi connectivity index (χ2n) is 9.40. The van der Waals surface area contributed by atoms with Gasteiger partial charge in [-0.3, -0.25) is 14.4 Å². The van der Waals surface area contributed by atoms with Crippen molar-refractivity contribution < 1.29 is 14.4 Å². The van der Waals surface area contributed by atoms with Crippen LogP contribution in [-0.2, 0) is 22.7 Å². The number of nitrogens with one attached hydrogen (secondary N) is 1. The van der Waals surface area contributed by atoms with Gasteiger partial charge in [0.25, 0.3) is 17.7 Å². The van der Waals surface area contributed by atoms with Crippen LogP contribution in [0.1, 0.15) is 27.0 Å². The largest absolute Gasteiger partial charge is 0.350 e. The predicted octanol–water partition coefficient (Wildman–Crippen LogP) is 6.93. The van der Waals surface area contributed by atoms with Crippen LogP contribution in [0, 0.1) is 6.92 Å². The number of amides is 3. The molecule has 4 aromatic carbocycles. The number of benzene rings is 4. The summed E-state index contributed by atoms with van der Waals surface area (Å²) in [7, 11) is 0. The number of hydrogen-bond acceptors (Lipinski definition) is 4. The van der Waals surface area contributed by atoms with Crippen LogP contribution in [0.15, 0.2) is 114 Å². The molecule has 0 aliphatic carbocycles. The second kappa shape index (κ2) is 11.8. The number of aryl methyl sites for hydroxylation is 1. The van der Waals surface area contributed by atoms with E-state index in [1.54, 1.807) is 54.3 Å². The number of halogens is 2. The van der Waals surface area contributed by atoms with Gasteiger partial charge in [0.1, 0.15) is 10.7 Å².